The van der Waals surface area contributed by atoms with Crippen LogP contribution in [-0.4, -0.2) is 22.6 Å². The summed E-state index contributed by atoms with van der Waals surface area (Å²) in [5, 5.41) is 8.93. The summed E-state index contributed by atoms with van der Waals surface area (Å²) >= 11 is 0. The second-order valence-corrected chi connectivity index (χ2v) is 6.18. The van der Waals surface area contributed by atoms with Gasteiger partial charge in [-0.25, -0.2) is 4.79 Å². The van der Waals surface area contributed by atoms with Gasteiger partial charge >= 0.3 is 11.9 Å². The number of aliphatic carboxylic acids is 1. The smallest absolute Gasteiger partial charge is 0.367 e. The zero-order valence-corrected chi connectivity index (χ0v) is 11.3. The summed E-state index contributed by atoms with van der Waals surface area (Å²) in [6.45, 7) is 8.38. The highest BCUT2D eigenvalue weighted by atomic mass is 19.1. The number of carboxylic acid groups (broad SMARTS) is 1. The van der Waals surface area contributed by atoms with Crippen molar-refractivity contribution in [2.75, 3.05) is 0 Å². The van der Waals surface area contributed by atoms with Gasteiger partial charge in [0.25, 0.3) is 0 Å². The Morgan fingerprint density at radius 1 is 1.33 bits per heavy atom. The van der Waals surface area contributed by atoms with Crippen molar-refractivity contribution in [1.82, 2.24) is 0 Å². The van der Waals surface area contributed by atoms with Gasteiger partial charge in [0.2, 0.25) is 5.83 Å². The van der Waals surface area contributed by atoms with Gasteiger partial charge in [-0.05, 0) is 38.2 Å². The third-order valence-electron chi connectivity index (χ3n) is 3.10. The average molecular weight is 258 g/mol. The molecule has 0 amide bonds. The molecule has 0 spiro atoms. The Kier molecular flexibility index (Phi) is 3.56. The molecule has 2 unspecified atom stereocenters. The third-order valence-corrected chi connectivity index (χ3v) is 3.10. The van der Waals surface area contributed by atoms with E-state index in [2.05, 4.69) is 0 Å². The van der Waals surface area contributed by atoms with E-state index in [0.29, 0.717) is 0 Å². The van der Waals surface area contributed by atoms with Crippen LogP contribution in [-0.2, 0) is 14.3 Å². The summed E-state index contributed by atoms with van der Waals surface area (Å²) < 4.78 is 18.5. The van der Waals surface area contributed by atoms with Crippen LogP contribution < -0.4 is 0 Å². The summed E-state index contributed by atoms with van der Waals surface area (Å²) in [6, 6.07) is 0. The number of halogens is 1. The summed E-state index contributed by atoms with van der Waals surface area (Å²) in [7, 11) is 0. The molecule has 102 valence electrons. The Hall–Kier alpha value is -1.39. The molecule has 4 nitrogen and oxygen atoms in total. The van der Waals surface area contributed by atoms with Crippen LogP contribution in [0.2, 0.25) is 0 Å². The summed E-state index contributed by atoms with van der Waals surface area (Å²) in [5.74, 6) is -4.16. The van der Waals surface area contributed by atoms with Gasteiger partial charge in [-0.2, -0.15) is 4.39 Å². The van der Waals surface area contributed by atoms with Crippen LogP contribution >= 0.6 is 0 Å². The molecule has 0 bridgehead atoms. The Morgan fingerprint density at radius 3 is 2.17 bits per heavy atom. The van der Waals surface area contributed by atoms with E-state index < -0.39 is 40.6 Å². The number of allylic oxidation sites excluding steroid dienone is 1. The van der Waals surface area contributed by atoms with Crippen LogP contribution in [0.25, 0.3) is 0 Å². The first-order chi connectivity index (χ1) is 7.97. The Bertz CT molecular complexity index is 404. The van der Waals surface area contributed by atoms with Gasteiger partial charge in [-0.3, -0.25) is 4.79 Å². The Morgan fingerprint density at radius 2 is 1.83 bits per heavy atom. The highest BCUT2D eigenvalue weighted by Crippen LogP contribution is 2.59. The molecule has 1 fully saturated rings. The molecule has 1 aliphatic rings. The van der Waals surface area contributed by atoms with Gasteiger partial charge in [0.05, 0.1) is 5.92 Å². The van der Waals surface area contributed by atoms with Crippen molar-refractivity contribution in [3.63, 3.8) is 0 Å². The minimum Gasteiger partial charge on any atom is -0.481 e. The Labute approximate surface area is 106 Å². The molecule has 0 aliphatic heterocycles. The van der Waals surface area contributed by atoms with E-state index in [4.69, 9.17) is 9.84 Å². The molecule has 0 radical (unpaired) electrons. The van der Waals surface area contributed by atoms with Gasteiger partial charge in [-0.1, -0.05) is 13.8 Å². The maximum Gasteiger partial charge on any atom is 0.367 e. The number of rotatable bonds is 3. The van der Waals surface area contributed by atoms with E-state index in [9.17, 15) is 14.0 Å². The van der Waals surface area contributed by atoms with Gasteiger partial charge in [0, 0.05) is 0 Å². The van der Waals surface area contributed by atoms with Crippen molar-refractivity contribution in [2.24, 2.45) is 17.3 Å². The number of ether oxygens (including phenoxy) is 1. The fourth-order valence-corrected chi connectivity index (χ4v) is 2.01. The maximum atomic E-state index is 13.6. The second kappa shape index (κ2) is 4.37. The fraction of sp³-hybridized carbons (Fsp3) is 0.692. The number of hydrogen-bond acceptors (Lipinski definition) is 3. The summed E-state index contributed by atoms with van der Waals surface area (Å²) in [5.41, 5.74) is -1.29. The first-order valence-electron chi connectivity index (χ1n) is 5.80. The third kappa shape index (κ3) is 3.09. The van der Waals surface area contributed by atoms with E-state index >= 15 is 0 Å². The molecule has 1 saturated carbocycles. The van der Waals surface area contributed by atoms with Crippen molar-refractivity contribution >= 4 is 11.9 Å². The summed E-state index contributed by atoms with van der Waals surface area (Å²) in [4.78, 5) is 22.3. The molecule has 1 N–H and O–H groups in total. The van der Waals surface area contributed by atoms with E-state index in [-0.39, 0.29) is 0 Å². The molecule has 1 rings (SSSR count). The van der Waals surface area contributed by atoms with Crippen LogP contribution in [0.1, 0.15) is 34.6 Å². The minimum atomic E-state index is -1.05. The number of hydrogen-bond donors (Lipinski definition) is 1. The predicted octanol–water partition coefficient (Wildman–Crippen LogP) is 2.54. The first-order valence-corrected chi connectivity index (χ1v) is 5.80. The molecule has 0 saturated heterocycles. The van der Waals surface area contributed by atoms with Crippen molar-refractivity contribution in [2.45, 2.75) is 40.2 Å². The Balaban J connectivity index is 2.74. The number of carbonyl (C=O) groups is 2. The summed E-state index contributed by atoms with van der Waals surface area (Å²) in [6.07, 6.45) is 1.06. The molecular formula is C13H19FO4. The van der Waals surface area contributed by atoms with Gasteiger partial charge in [0.1, 0.15) is 5.60 Å². The number of esters is 1. The average Bonchev–Trinajstić information content (AvgIpc) is 2.64. The van der Waals surface area contributed by atoms with Crippen molar-refractivity contribution in [1.29, 1.82) is 0 Å². The van der Waals surface area contributed by atoms with Gasteiger partial charge in [-0.15, -0.1) is 0 Å². The minimum absolute atomic E-state index is 0.470. The van der Waals surface area contributed by atoms with Crippen LogP contribution in [0.3, 0.4) is 0 Å². The number of carbonyl (C=O) groups excluding carboxylic acids is 1. The lowest BCUT2D eigenvalue weighted by atomic mass is 10.1. The van der Waals surface area contributed by atoms with E-state index in [0.717, 1.165) is 6.08 Å². The molecule has 0 heterocycles. The topological polar surface area (TPSA) is 63.6 Å². The SMILES string of the molecule is CC(C)(C)OC(=O)C(F)=CC1C(C(=O)O)C1(C)C. The number of carboxylic acids is 1. The van der Waals surface area contributed by atoms with Crippen LogP contribution in [0.5, 0.6) is 0 Å². The molecule has 5 heteroatoms. The molecule has 0 aromatic heterocycles. The highest BCUT2D eigenvalue weighted by molar-refractivity contribution is 5.87. The van der Waals surface area contributed by atoms with E-state index in [1.807, 2.05) is 0 Å². The van der Waals surface area contributed by atoms with Gasteiger partial charge in [0.15, 0.2) is 0 Å². The van der Waals surface area contributed by atoms with Crippen molar-refractivity contribution in [3.8, 4) is 0 Å². The largest absolute Gasteiger partial charge is 0.481 e. The van der Waals surface area contributed by atoms with Crippen LogP contribution in [0.4, 0.5) is 4.39 Å². The van der Waals surface area contributed by atoms with Crippen LogP contribution in [0.15, 0.2) is 11.9 Å². The quantitative estimate of drug-likeness (QED) is 0.624. The molecule has 0 aromatic rings. The second-order valence-electron chi connectivity index (χ2n) is 6.18. The molecule has 0 aromatic carbocycles. The van der Waals surface area contributed by atoms with Crippen LogP contribution in [0, 0.1) is 17.3 Å². The van der Waals surface area contributed by atoms with Gasteiger partial charge < -0.3 is 9.84 Å². The van der Waals surface area contributed by atoms with Crippen molar-refractivity contribution in [3.05, 3.63) is 11.9 Å². The maximum absolute atomic E-state index is 13.6. The first kappa shape index (κ1) is 14.7. The normalized spacial score (nSPS) is 26.7. The zero-order valence-electron chi connectivity index (χ0n) is 11.3. The molecule has 1 aliphatic carbocycles. The van der Waals surface area contributed by atoms with Crippen molar-refractivity contribution < 1.29 is 23.8 Å². The molecule has 2 atom stereocenters. The lowest BCUT2D eigenvalue weighted by Gasteiger charge is -2.18. The standard InChI is InChI=1S/C13H19FO4/c1-12(2,3)18-11(17)8(14)6-7-9(10(15)16)13(7,4)5/h6-7,9H,1-5H3,(H,15,16). The zero-order chi connectivity index (χ0) is 14.3. The van der Waals surface area contributed by atoms with E-state index in [1.54, 1.807) is 34.6 Å². The lowest BCUT2D eigenvalue weighted by molar-refractivity contribution is -0.151. The molecule has 18 heavy (non-hydrogen) atoms. The highest BCUT2D eigenvalue weighted by Gasteiger charge is 2.61. The monoisotopic (exact) mass is 258 g/mol. The van der Waals surface area contributed by atoms with E-state index in [1.165, 1.54) is 0 Å². The fourth-order valence-electron chi connectivity index (χ4n) is 2.01. The lowest BCUT2D eigenvalue weighted by Crippen LogP contribution is -2.24. The molecular weight excluding hydrogens is 239 g/mol. The predicted molar refractivity (Wildman–Crippen MR) is 63.4 cm³/mol.